The Balaban J connectivity index is 1.92. The molecule has 4 nitrogen and oxygen atoms in total. The van der Waals surface area contributed by atoms with Gasteiger partial charge in [0.15, 0.2) is 0 Å². The van der Waals surface area contributed by atoms with Crippen LogP contribution in [0.2, 0.25) is 0 Å². The third-order valence-corrected chi connectivity index (χ3v) is 3.34. The predicted octanol–water partition coefficient (Wildman–Crippen LogP) is 3.25. The second kappa shape index (κ2) is 6.35. The van der Waals surface area contributed by atoms with E-state index in [1.165, 1.54) is 16.1 Å². The molecule has 0 bridgehead atoms. The van der Waals surface area contributed by atoms with Crippen LogP contribution in [-0.4, -0.2) is 16.6 Å². The van der Waals surface area contributed by atoms with Gasteiger partial charge in [0.2, 0.25) is 5.88 Å². The SMILES string of the molecule is CCCOc1cc(NCc2ccc(C)s2)ncn1. The van der Waals surface area contributed by atoms with Gasteiger partial charge < -0.3 is 10.1 Å². The van der Waals surface area contributed by atoms with Gasteiger partial charge in [-0.15, -0.1) is 11.3 Å². The Morgan fingerprint density at radius 1 is 1.33 bits per heavy atom. The Labute approximate surface area is 111 Å². The highest BCUT2D eigenvalue weighted by Crippen LogP contribution is 2.17. The van der Waals surface area contributed by atoms with E-state index in [-0.39, 0.29) is 0 Å². The molecule has 2 rings (SSSR count). The average molecular weight is 263 g/mol. The third-order valence-electron chi connectivity index (χ3n) is 2.34. The van der Waals surface area contributed by atoms with Crippen LogP contribution in [0.4, 0.5) is 5.82 Å². The zero-order valence-corrected chi connectivity index (χ0v) is 11.5. The summed E-state index contributed by atoms with van der Waals surface area (Å²) >= 11 is 1.79. The normalized spacial score (nSPS) is 10.3. The fourth-order valence-corrected chi connectivity index (χ4v) is 2.31. The summed E-state index contributed by atoms with van der Waals surface area (Å²) in [5.41, 5.74) is 0. The number of hydrogen-bond acceptors (Lipinski definition) is 5. The van der Waals surface area contributed by atoms with E-state index in [4.69, 9.17) is 4.74 Å². The van der Waals surface area contributed by atoms with Crippen LogP contribution in [0.5, 0.6) is 5.88 Å². The van der Waals surface area contributed by atoms with Crippen molar-refractivity contribution in [1.82, 2.24) is 9.97 Å². The van der Waals surface area contributed by atoms with Crippen LogP contribution in [0.25, 0.3) is 0 Å². The first kappa shape index (κ1) is 12.8. The molecule has 2 heterocycles. The second-order valence-corrected chi connectivity index (χ2v) is 5.33. The van der Waals surface area contributed by atoms with Crippen LogP contribution < -0.4 is 10.1 Å². The van der Waals surface area contributed by atoms with Crippen molar-refractivity contribution in [2.75, 3.05) is 11.9 Å². The topological polar surface area (TPSA) is 47.0 Å². The van der Waals surface area contributed by atoms with Crippen molar-refractivity contribution in [2.24, 2.45) is 0 Å². The number of ether oxygens (including phenoxy) is 1. The van der Waals surface area contributed by atoms with Crippen LogP contribution in [0, 0.1) is 6.92 Å². The molecule has 0 spiro atoms. The fraction of sp³-hybridized carbons (Fsp3) is 0.385. The highest BCUT2D eigenvalue weighted by atomic mass is 32.1. The number of nitrogens with zero attached hydrogens (tertiary/aromatic N) is 2. The second-order valence-electron chi connectivity index (χ2n) is 3.96. The molecule has 0 aliphatic carbocycles. The standard InChI is InChI=1S/C13H17N3OS/c1-3-6-17-13-7-12(15-9-16-13)14-8-11-5-4-10(2)18-11/h4-5,7,9H,3,6,8H2,1-2H3,(H,14,15,16). The largest absolute Gasteiger partial charge is 0.478 e. The van der Waals surface area contributed by atoms with Crippen LogP contribution in [0.1, 0.15) is 23.1 Å². The summed E-state index contributed by atoms with van der Waals surface area (Å²) in [7, 11) is 0. The van der Waals surface area contributed by atoms with Crippen molar-refractivity contribution in [1.29, 1.82) is 0 Å². The summed E-state index contributed by atoms with van der Waals surface area (Å²) < 4.78 is 5.46. The summed E-state index contributed by atoms with van der Waals surface area (Å²) in [5.74, 6) is 1.42. The molecule has 0 amide bonds. The molecule has 0 saturated carbocycles. The molecule has 0 aliphatic heterocycles. The molecule has 0 aliphatic rings. The molecule has 2 aromatic heterocycles. The molecule has 1 N–H and O–H groups in total. The molecule has 18 heavy (non-hydrogen) atoms. The molecule has 96 valence electrons. The Hall–Kier alpha value is -1.62. The number of anilines is 1. The van der Waals surface area contributed by atoms with E-state index in [1.807, 2.05) is 6.07 Å². The Morgan fingerprint density at radius 2 is 2.22 bits per heavy atom. The zero-order valence-electron chi connectivity index (χ0n) is 10.6. The minimum Gasteiger partial charge on any atom is -0.478 e. The van der Waals surface area contributed by atoms with Gasteiger partial charge in [-0.2, -0.15) is 0 Å². The lowest BCUT2D eigenvalue weighted by Gasteiger charge is -2.06. The highest BCUT2D eigenvalue weighted by Gasteiger charge is 2.01. The number of rotatable bonds is 6. The van der Waals surface area contributed by atoms with Crippen molar-refractivity contribution >= 4 is 17.2 Å². The van der Waals surface area contributed by atoms with E-state index in [0.717, 1.165) is 18.8 Å². The first-order chi connectivity index (χ1) is 8.78. The van der Waals surface area contributed by atoms with Crippen LogP contribution >= 0.6 is 11.3 Å². The highest BCUT2D eigenvalue weighted by molar-refractivity contribution is 7.11. The number of hydrogen-bond donors (Lipinski definition) is 1. The van der Waals surface area contributed by atoms with Gasteiger partial charge in [0.25, 0.3) is 0 Å². The lowest BCUT2D eigenvalue weighted by atomic mass is 10.4. The van der Waals surface area contributed by atoms with Gasteiger partial charge in [0.1, 0.15) is 12.1 Å². The fourth-order valence-electron chi connectivity index (χ4n) is 1.48. The zero-order chi connectivity index (χ0) is 12.8. The van der Waals surface area contributed by atoms with Gasteiger partial charge in [-0.1, -0.05) is 6.92 Å². The predicted molar refractivity (Wildman–Crippen MR) is 74.2 cm³/mol. The molecule has 0 fully saturated rings. The van der Waals surface area contributed by atoms with E-state index in [2.05, 4.69) is 41.3 Å². The van der Waals surface area contributed by atoms with Gasteiger partial charge in [-0.3, -0.25) is 0 Å². The molecule has 0 atom stereocenters. The number of thiophene rings is 1. The average Bonchev–Trinajstić information content (AvgIpc) is 2.80. The summed E-state index contributed by atoms with van der Waals surface area (Å²) in [6, 6.07) is 6.08. The summed E-state index contributed by atoms with van der Waals surface area (Å²) in [5, 5.41) is 3.27. The Kier molecular flexibility index (Phi) is 4.52. The smallest absolute Gasteiger partial charge is 0.218 e. The lowest BCUT2D eigenvalue weighted by molar-refractivity contribution is 0.305. The molecule has 0 saturated heterocycles. The molecule has 2 aromatic rings. The summed E-state index contributed by atoms with van der Waals surface area (Å²) in [4.78, 5) is 10.9. The van der Waals surface area contributed by atoms with Gasteiger partial charge in [0.05, 0.1) is 13.2 Å². The van der Waals surface area contributed by atoms with E-state index in [1.54, 1.807) is 11.3 Å². The van der Waals surface area contributed by atoms with Crippen molar-refractivity contribution in [3.8, 4) is 5.88 Å². The van der Waals surface area contributed by atoms with Crippen molar-refractivity contribution in [3.63, 3.8) is 0 Å². The summed E-state index contributed by atoms with van der Waals surface area (Å²) in [6.45, 7) is 5.64. The van der Waals surface area contributed by atoms with Gasteiger partial charge in [0, 0.05) is 15.8 Å². The van der Waals surface area contributed by atoms with Gasteiger partial charge >= 0.3 is 0 Å². The quantitative estimate of drug-likeness (QED) is 0.869. The first-order valence-electron chi connectivity index (χ1n) is 6.02. The monoisotopic (exact) mass is 263 g/mol. The minimum atomic E-state index is 0.622. The van der Waals surface area contributed by atoms with Crippen molar-refractivity contribution < 1.29 is 4.74 Å². The van der Waals surface area contributed by atoms with E-state index in [9.17, 15) is 0 Å². The van der Waals surface area contributed by atoms with Gasteiger partial charge in [-0.05, 0) is 25.5 Å². The van der Waals surface area contributed by atoms with Crippen LogP contribution in [-0.2, 0) is 6.54 Å². The number of nitrogens with one attached hydrogen (secondary N) is 1. The Morgan fingerprint density at radius 3 is 2.94 bits per heavy atom. The Bertz CT molecular complexity index is 498. The van der Waals surface area contributed by atoms with Crippen molar-refractivity contribution in [2.45, 2.75) is 26.8 Å². The molecule has 0 aromatic carbocycles. The molecular formula is C13H17N3OS. The maximum Gasteiger partial charge on any atom is 0.218 e. The molecular weight excluding hydrogens is 246 g/mol. The maximum atomic E-state index is 5.46. The van der Waals surface area contributed by atoms with E-state index in [0.29, 0.717) is 12.5 Å². The van der Waals surface area contributed by atoms with E-state index < -0.39 is 0 Å². The van der Waals surface area contributed by atoms with Crippen LogP contribution in [0.15, 0.2) is 24.5 Å². The molecule has 0 radical (unpaired) electrons. The minimum absolute atomic E-state index is 0.622. The van der Waals surface area contributed by atoms with E-state index >= 15 is 0 Å². The summed E-state index contributed by atoms with van der Waals surface area (Å²) in [6.07, 6.45) is 2.49. The number of aryl methyl sites for hydroxylation is 1. The number of aromatic nitrogens is 2. The maximum absolute atomic E-state index is 5.46. The molecule has 5 heteroatoms. The van der Waals surface area contributed by atoms with Crippen LogP contribution in [0.3, 0.4) is 0 Å². The molecule has 0 unspecified atom stereocenters. The van der Waals surface area contributed by atoms with Gasteiger partial charge in [-0.25, -0.2) is 9.97 Å². The third kappa shape index (κ3) is 3.70. The first-order valence-corrected chi connectivity index (χ1v) is 6.83. The lowest BCUT2D eigenvalue weighted by Crippen LogP contribution is -2.02. The van der Waals surface area contributed by atoms with Crippen molar-refractivity contribution in [3.05, 3.63) is 34.3 Å².